The summed E-state index contributed by atoms with van der Waals surface area (Å²) in [5.74, 6) is 8.17. The highest BCUT2D eigenvalue weighted by Gasteiger charge is 2.32. The van der Waals surface area contributed by atoms with Crippen molar-refractivity contribution in [2.45, 2.75) is 156 Å². The van der Waals surface area contributed by atoms with Gasteiger partial charge in [-0.25, -0.2) is 0 Å². The maximum atomic E-state index is 6.06. The summed E-state index contributed by atoms with van der Waals surface area (Å²) in [4.78, 5) is 0. The zero-order chi connectivity index (χ0) is 30.7. The van der Waals surface area contributed by atoms with Gasteiger partial charge in [0.25, 0.3) is 0 Å². The van der Waals surface area contributed by atoms with Crippen LogP contribution in [0.15, 0.2) is 12.2 Å². The van der Waals surface area contributed by atoms with Gasteiger partial charge in [-0.3, -0.25) is 0 Å². The Morgan fingerprint density at radius 3 is 1.41 bits per heavy atom. The van der Waals surface area contributed by atoms with Crippen molar-refractivity contribution in [1.82, 2.24) is 0 Å². The van der Waals surface area contributed by atoms with Gasteiger partial charge in [0.2, 0.25) is 0 Å². The summed E-state index contributed by atoms with van der Waals surface area (Å²) in [6.07, 6.45) is 29.9. The average Bonchev–Trinajstić information content (AvgIpc) is 3.06. The van der Waals surface area contributed by atoms with Crippen LogP contribution in [-0.2, 0) is 18.9 Å². The number of allylic oxidation sites excluding steroid dienone is 2. The highest BCUT2D eigenvalue weighted by molar-refractivity contribution is 4.96. The second kappa shape index (κ2) is 18.2. The number of hydrogen-bond acceptors (Lipinski definition) is 4. The van der Waals surface area contributed by atoms with Crippen LogP contribution >= 0.6 is 0 Å². The van der Waals surface area contributed by atoms with E-state index in [1.54, 1.807) is 0 Å². The predicted molar refractivity (Wildman–Crippen MR) is 181 cm³/mol. The van der Waals surface area contributed by atoms with Crippen LogP contribution in [0.3, 0.4) is 0 Å². The van der Waals surface area contributed by atoms with Crippen molar-refractivity contribution in [3.8, 4) is 0 Å². The lowest BCUT2D eigenvalue weighted by Crippen LogP contribution is -2.37. The van der Waals surface area contributed by atoms with Crippen LogP contribution in [0, 0.1) is 59.2 Å². The normalized spacial score (nSPS) is 44.1. The molecule has 4 nitrogen and oxygen atoms in total. The standard InChI is InChI=1S/C20H36O2.C20H34O2/c1-15-3-7-17(8-4-15)9-12-20-21-13-19(14-22-20)18-10-5-16(2)6-11-18;1-15-3-5-17(6-4-15)7-8-18-9-11-19(12-10-18)20-21-13-16(2)14-22-20/h15-20H,3-14H2,1-2H3;7-8,15-20H,3-6,9-14H2,1-2H3/b;8-7+. The van der Waals surface area contributed by atoms with E-state index >= 15 is 0 Å². The summed E-state index contributed by atoms with van der Waals surface area (Å²) in [6.45, 7) is 13.1. The Labute approximate surface area is 272 Å². The van der Waals surface area contributed by atoms with Gasteiger partial charge in [-0.15, -0.1) is 0 Å². The molecule has 4 heteroatoms. The van der Waals surface area contributed by atoms with Gasteiger partial charge in [-0.2, -0.15) is 0 Å². The Morgan fingerprint density at radius 2 is 0.864 bits per heavy atom. The summed E-state index contributed by atoms with van der Waals surface area (Å²) in [5, 5.41) is 0. The van der Waals surface area contributed by atoms with Gasteiger partial charge in [-0.1, -0.05) is 91.2 Å². The van der Waals surface area contributed by atoms with E-state index in [2.05, 4.69) is 39.8 Å². The molecule has 0 spiro atoms. The third-order valence-electron chi connectivity index (χ3n) is 12.7. The molecule has 2 heterocycles. The summed E-state index contributed by atoms with van der Waals surface area (Å²) in [7, 11) is 0. The highest BCUT2D eigenvalue weighted by Crippen LogP contribution is 2.38. The van der Waals surface area contributed by atoms with Crippen molar-refractivity contribution in [2.24, 2.45) is 59.2 Å². The van der Waals surface area contributed by atoms with Crippen LogP contribution in [0.1, 0.15) is 143 Å². The minimum atomic E-state index is 0.0842. The molecule has 0 aromatic heterocycles. The SMILES string of the molecule is CC1CCC(/C=C/C2CCC(C3OCC(C)CO3)CC2)CC1.CC1CCC(CCC2OCC(C3CCC(C)CC3)CO2)CC1. The van der Waals surface area contributed by atoms with E-state index in [1.165, 1.54) is 109 Å². The molecule has 6 rings (SSSR count). The highest BCUT2D eigenvalue weighted by atomic mass is 16.7. The molecule has 0 aromatic rings. The molecule has 6 fully saturated rings. The van der Waals surface area contributed by atoms with E-state index in [0.29, 0.717) is 17.8 Å². The van der Waals surface area contributed by atoms with Gasteiger partial charge < -0.3 is 18.9 Å². The lowest BCUT2D eigenvalue weighted by molar-refractivity contribution is -0.226. The Bertz CT molecular complexity index is 780. The smallest absolute Gasteiger partial charge is 0.160 e. The first kappa shape index (κ1) is 34.9. The molecule has 0 atom stereocenters. The molecule has 0 radical (unpaired) electrons. The summed E-state index contributed by atoms with van der Waals surface area (Å²) < 4.78 is 23.9. The van der Waals surface area contributed by atoms with Gasteiger partial charge in [0.1, 0.15) is 0 Å². The fraction of sp³-hybridized carbons (Fsp3) is 0.950. The molecule has 0 aromatic carbocycles. The maximum Gasteiger partial charge on any atom is 0.160 e. The molecule has 0 bridgehead atoms. The Morgan fingerprint density at radius 1 is 0.409 bits per heavy atom. The monoisotopic (exact) mass is 615 g/mol. The van der Waals surface area contributed by atoms with Gasteiger partial charge >= 0.3 is 0 Å². The van der Waals surface area contributed by atoms with Crippen LogP contribution in [-0.4, -0.2) is 39.0 Å². The third kappa shape index (κ3) is 11.4. The Hall–Kier alpha value is -0.420. The number of rotatable bonds is 7. The predicted octanol–water partition coefficient (Wildman–Crippen LogP) is 10.6. The molecule has 44 heavy (non-hydrogen) atoms. The third-order valence-corrected chi connectivity index (χ3v) is 12.7. The summed E-state index contributed by atoms with van der Waals surface area (Å²) >= 11 is 0. The second-order valence-corrected chi connectivity index (χ2v) is 16.8. The van der Waals surface area contributed by atoms with Crippen molar-refractivity contribution in [3.63, 3.8) is 0 Å². The first-order chi connectivity index (χ1) is 21.4. The lowest BCUT2D eigenvalue weighted by Gasteiger charge is -2.37. The molecule has 2 saturated heterocycles. The van der Waals surface area contributed by atoms with Crippen LogP contribution in [0.4, 0.5) is 0 Å². The van der Waals surface area contributed by atoms with Gasteiger partial charge in [0.15, 0.2) is 12.6 Å². The van der Waals surface area contributed by atoms with Gasteiger partial charge in [-0.05, 0) is 106 Å². The molecule has 0 N–H and O–H groups in total. The first-order valence-corrected chi connectivity index (χ1v) is 19.6. The molecular weight excluding hydrogens is 544 g/mol. The minimum Gasteiger partial charge on any atom is -0.352 e. The van der Waals surface area contributed by atoms with E-state index in [9.17, 15) is 0 Å². The first-order valence-electron chi connectivity index (χ1n) is 19.6. The molecule has 6 aliphatic rings. The molecular formula is C40H70O4. The maximum absolute atomic E-state index is 6.06. The fourth-order valence-electron chi connectivity index (χ4n) is 9.03. The summed E-state index contributed by atoms with van der Waals surface area (Å²) in [5.41, 5.74) is 0. The average molecular weight is 615 g/mol. The molecule has 2 aliphatic heterocycles. The van der Waals surface area contributed by atoms with Gasteiger partial charge in [0.05, 0.1) is 26.4 Å². The zero-order valence-electron chi connectivity index (χ0n) is 29.3. The second-order valence-electron chi connectivity index (χ2n) is 16.8. The summed E-state index contributed by atoms with van der Waals surface area (Å²) in [6, 6.07) is 0. The van der Waals surface area contributed by atoms with Crippen LogP contribution in [0.2, 0.25) is 0 Å². The molecule has 4 saturated carbocycles. The Balaban J connectivity index is 0.000000175. The van der Waals surface area contributed by atoms with E-state index in [1.807, 2.05) is 0 Å². The van der Waals surface area contributed by atoms with Gasteiger partial charge in [0, 0.05) is 17.8 Å². The van der Waals surface area contributed by atoms with E-state index in [-0.39, 0.29) is 12.6 Å². The van der Waals surface area contributed by atoms with E-state index in [0.717, 1.165) is 74.3 Å². The van der Waals surface area contributed by atoms with Crippen LogP contribution in [0.25, 0.3) is 0 Å². The molecule has 254 valence electrons. The van der Waals surface area contributed by atoms with Crippen LogP contribution in [0.5, 0.6) is 0 Å². The van der Waals surface area contributed by atoms with Crippen molar-refractivity contribution in [3.05, 3.63) is 12.2 Å². The van der Waals surface area contributed by atoms with Crippen molar-refractivity contribution < 1.29 is 18.9 Å². The molecule has 0 unspecified atom stereocenters. The number of ether oxygens (including phenoxy) is 4. The van der Waals surface area contributed by atoms with E-state index < -0.39 is 0 Å². The number of hydrogen-bond donors (Lipinski definition) is 0. The van der Waals surface area contributed by atoms with Crippen molar-refractivity contribution in [2.75, 3.05) is 26.4 Å². The molecule has 4 aliphatic carbocycles. The zero-order valence-corrected chi connectivity index (χ0v) is 29.3. The largest absolute Gasteiger partial charge is 0.352 e. The minimum absolute atomic E-state index is 0.0842. The topological polar surface area (TPSA) is 36.9 Å². The van der Waals surface area contributed by atoms with Crippen LogP contribution < -0.4 is 0 Å². The Kier molecular flexibility index (Phi) is 14.4. The quantitative estimate of drug-likeness (QED) is 0.267. The van der Waals surface area contributed by atoms with Crippen molar-refractivity contribution >= 4 is 0 Å². The van der Waals surface area contributed by atoms with E-state index in [4.69, 9.17) is 18.9 Å². The molecule has 0 amide bonds. The lowest BCUT2D eigenvalue weighted by atomic mass is 9.76. The van der Waals surface area contributed by atoms with Crippen molar-refractivity contribution in [1.29, 1.82) is 0 Å². The fourth-order valence-corrected chi connectivity index (χ4v) is 9.03.